The normalized spacial score (nSPS) is 18.5. The molecule has 0 spiro atoms. The number of aryl methyl sites for hydroxylation is 2. The Morgan fingerprint density at radius 3 is 1.54 bits per heavy atom. The van der Waals surface area contributed by atoms with E-state index in [4.69, 9.17) is 78.5 Å². The average molecular weight is 1020 g/mol. The number of nitrogens with zero attached hydrogens (tertiary/aromatic N) is 3. The smallest absolute Gasteiger partial charge is 0.252 e. The van der Waals surface area contributed by atoms with Gasteiger partial charge in [0.15, 0.2) is 0 Å². The van der Waals surface area contributed by atoms with Crippen LogP contribution in [0.2, 0.25) is 0 Å². The largest absolute Gasteiger partial charge is 0.335 e. The summed E-state index contributed by atoms with van der Waals surface area (Å²) in [7, 11) is 69.4. The van der Waals surface area contributed by atoms with Crippen molar-refractivity contribution < 1.29 is 0 Å². The van der Waals surface area contributed by atoms with Gasteiger partial charge in [-0.05, 0) is 118 Å². The number of hydrogen-bond acceptors (Lipinski definition) is 4. The molecular weight excluding hydrogens is 962 g/mol. The Hall–Kier alpha value is -5.13. The van der Waals surface area contributed by atoms with Crippen molar-refractivity contribution in [2.45, 2.75) is 143 Å². The molecule has 368 valence electrons. The summed E-state index contributed by atoms with van der Waals surface area (Å²) in [6, 6.07) is 26.1. The molecule has 2 atom stereocenters. The van der Waals surface area contributed by atoms with Gasteiger partial charge in [0, 0.05) is 49.3 Å². The fourth-order valence-corrected chi connectivity index (χ4v) is 15.4. The van der Waals surface area contributed by atoms with Gasteiger partial charge in [-0.3, -0.25) is 0 Å². The summed E-state index contributed by atoms with van der Waals surface area (Å²) in [5.41, 5.74) is 17.6. The first kappa shape index (κ1) is 54.5. The highest BCUT2D eigenvalue weighted by molar-refractivity contribution is 7.26. The van der Waals surface area contributed by atoms with Crippen molar-refractivity contribution >= 4 is 233 Å². The maximum atomic E-state index is 7.21. The standard InChI is InChI=1S/C64H58B11N3S/c1-29-22-32(61(6,7)8)23-30(2)54(29)77-40-27-34(76(57-49(71)45(67)43(65)46(68)50(57)72)58-51(73)47(69)44(66)48(70)52(58)74)28-41-53(40)75(38-19-18-36-35-17-16-31(60(3,4)5)26-42(35)79-59(36)56(38)77)39-25-33(62(9,10)11)24-37-55(39)78(41)64(13)21-15-14-20-63(37,64)12/h16-19,22-28H,14-15,20-21H2,1-13H3. The van der Waals surface area contributed by atoms with Gasteiger partial charge in [0.1, 0.15) is 78.5 Å². The zero-order valence-corrected chi connectivity index (χ0v) is 49.1. The van der Waals surface area contributed by atoms with Gasteiger partial charge >= 0.3 is 0 Å². The Bertz CT molecular complexity index is 3880. The topological polar surface area (TPSA) is 9.72 Å². The molecule has 0 N–H and O–H groups in total. The predicted molar refractivity (Wildman–Crippen MR) is 356 cm³/mol. The lowest BCUT2D eigenvalue weighted by molar-refractivity contribution is 0.195. The van der Waals surface area contributed by atoms with Crippen molar-refractivity contribution in [3.63, 3.8) is 0 Å². The van der Waals surface area contributed by atoms with Gasteiger partial charge in [-0.2, -0.15) is 0 Å². The summed E-state index contributed by atoms with van der Waals surface area (Å²) < 4.78 is 2.44. The van der Waals surface area contributed by atoms with E-state index in [9.17, 15) is 0 Å². The molecule has 1 aromatic heterocycles. The molecule has 0 amide bonds. The number of fused-ring (bicyclic) bond motifs is 11. The number of anilines is 8. The Kier molecular flexibility index (Phi) is 12.2. The molecule has 0 bridgehead atoms. The van der Waals surface area contributed by atoms with Crippen LogP contribution in [0.15, 0.2) is 66.7 Å². The van der Waals surface area contributed by atoms with Gasteiger partial charge in [-0.15, -0.1) is 44.1 Å². The second-order valence-corrected chi connectivity index (χ2v) is 27.9. The first-order valence-corrected chi connectivity index (χ1v) is 28.6. The van der Waals surface area contributed by atoms with Crippen LogP contribution in [0.5, 0.6) is 0 Å². The molecule has 3 aliphatic heterocycles. The second kappa shape index (κ2) is 17.7. The molecule has 1 saturated carbocycles. The van der Waals surface area contributed by atoms with Crippen LogP contribution in [0.3, 0.4) is 0 Å². The van der Waals surface area contributed by atoms with Crippen molar-refractivity contribution in [2.24, 2.45) is 0 Å². The van der Waals surface area contributed by atoms with Crippen LogP contribution >= 0.6 is 11.3 Å². The molecule has 79 heavy (non-hydrogen) atoms. The average Bonchev–Trinajstić information content (AvgIpc) is 2.55. The van der Waals surface area contributed by atoms with Crippen LogP contribution in [0.4, 0.5) is 45.5 Å². The van der Waals surface area contributed by atoms with Crippen LogP contribution in [0.25, 0.3) is 20.2 Å². The first-order chi connectivity index (χ1) is 36.8. The van der Waals surface area contributed by atoms with E-state index in [0.29, 0.717) is 5.69 Å². The van der Waals surface area contributed by atoms with Crippen molar-refractivity contribution in [1.82, 2.24) is 0 Å². The third kappa shape index (κ3) is 7.50. The lowest BCUT2D eigenvalue weighted by atomic mass is 9.33. The number of hydrogen-bond donors (Lipinski definition) is 0. The molecule has 12 rings (SSSR count). The van der Waals surface area contributed by atoms with Crippen molar-refractivity contribution in [3.8, 4) is 0 Å². The van der Waals surface area contributed by atoms with Crippen molar-refractivity contribution in [3.05, 3.63) is 100 Å². The predicted octanol–water partition coefficient (Wildman–Crippen LogP) is 4.33. The molecule has 1 fully saturated rings. The lowest BCUT2D eigenvalue weighted by Crippen LogP contribution is -2.64. The highest BCUT2D eigenvalue weighted by atomic mass is 32.1. The highest BCUT2D eigenvalue weighted by Crippen LogP contribution is 2.63. The third-order valence-corrected chi connectivity index (χ3v) is 20.1. The third-order valence-electron chi connectivity index (χ3n) is 19.0. The molecule has 0 saturated heterocycles. The highest BCUT2D eigenvalue weighted by Gasteiger charge is 2.62. The molecule has 8 aromatic rings. The SMILES string of the molecule is [B]c1c([B])c([B])c(N(c2cc3c4c(c2)N2c5c(cc(C(C)(C)C)cc5C5(C)CCCCC25C)B4c2ccc4c(sc5cc(C(C)(C)C)ccc54)c2N3c2c(C)cc(C(C)(C)C)cc2C)c2c([B])c([B])c([B])c([B])c2[B])c([B])c1[B]. The first-order valence-electron chi connectivity index (χ1n) is 27.7. The maximum Gasteiger partial charge on any atom is 0.252 e. The maximum absolute atomic E-state index is 7.21. The molecule has 3 nitrogen and oxygen atoms in total. The minimum Gasteiger partial charge on any atom is -0.335 e. The van der Waals surface area contributed by atoms with Crippen molar-refractivity contribution in [2.75, 3.05) is 14.7 Å². The zero-order chi connectivity index (χ0) is 57.0. The van der Waals surface area contributed by atoms with Crippen LogP contribution in [-0.2, 0) is 21.7 Å². The number of thiophene rings is 1. The van der Waals surface area contributed by atoms with E-state index in [1.807, 2.05) is 16.2 Å². The molecule has 2 unspecified atom stereocenters. The number of rotatable bonds is 4. The van der Waals surface area contributed by atoms with E-state index in [0.717, 1.165) is 59.6 Å². The van der Waals surface area contributed by atoms with Gasteiger partial charge in [0.05, 0.1) is 27.3 Å². The molecule has 20 radical (unpaired) electrons. The summed E-state index contributed by atoms with van der Waals surface area (Å²) in [6.45, 7) is 30.0. The molecule has 4 heterocycles. The van der Waals surface area contributed by atoms with Gasteiger partial charge in [-0.25, -0.2) is 0 Å². The minimum absolute atomic E-state index is 0.0491. The minimum atomic E-state index is -0.366. The fourth-order valence-electron chi connectivity index (χ4n) is 14.2. The van der Waals surface area contributed by atoms with Crippen molar-refractivity contribution in [1.29, 1.82) is 0 Å². The lowest BCUT2D eigenvalue weighted by Gasteiger charge is -2.53. The molecule has 4 aliphatic rings. The van der Waals surface area contributed by atoms with Gasteiger partial charge < -0.3 is 14.7 Å². The Morgan fingerprint density at radius 1 is 0.506 bits per heavy atom. The quantitative estimate of drug-likeness (QED) is 0.244. The molecule has 1 aliphatic carbocycles. The Balaban J connectivity index is 1.32. The second-order valence-electron chi connectivity index (χ2n) is 26.8. The van der Waals surface area contributed by atoms with E-state index in [-0.39, 0.29) is 99.9 Å². The van der Waals surface area contributed by atoms with Crippen LogP contribution in [-0.4, -0.2) is 90.7 Å². The monoisotopic (exact) mass is 1020 g/mol. The van der Waals surface area contributed by atoms with E-state index in [1.54, 1.807) is 0 Å². The van der Waals surface area contributed by atoms with Gasteiger partial charge in [0.2, 0.25) is 0 Å². The van der Waals surface area contributed by atoms with E-state index in [2.05, 4.69) is 167 Å². The van der Waals surface area contributed by atoms with Crippen LogP contribution in [0, 0.1) is 13.8 Å². The molecule has 7 aromatic carbocycles. The Labute approximate surface area is 487 Å². The van der Waals surface area contributed by atoms with Crippen LogP contribution in [0.1, 0.15) is 135 Å². The summed E-state index contributed by atoms with van der Waals surface area (Å²) in [4.78, 5) is 7.09. The zero-order valence-electron chi connectivity index (χ0n) is 48.3. The van der Waals surface area contributed by atoms with Gasteiger partial charge in [0.25, 0.3) is 6.71 Å². The summed E-state index contributed by atoms with van der Waals surface area (Å²) in [6.07, 6.45) is 4.21. The summed E-state index contributed by atoms with van der Waals surface area (Å²) in [5, 5.41) is 2.43. The molecule has 15 heteroatoms. The van der Waals surface area contributed by atoms with E-state index >= 15 is 0 Å². The summed E-state index contributed by atoms with van der Waals surface area (Å²) >= 11 is 1.87. The molecular formula is C64H58B11N3S. The van der Waals surface area contributed by atoms with Crippen LogP contribution < -0.4 is 85.7 Å². The van der Waals surface area contributed by atoms with E-state index in [1.165, 1.54) is 64.5 Å². The van der Waals surface area contributed by atoms with Gasteiger partial charge in [-0.1, -0.05) is 152 Å². The fraction of sp³-hybridized carbons (Fsp3) is 0.344. The Morgan fingerprint density at radius 2 is 1.00 bits per heavy atom. The van der Waals surface area contributed by atoms with E-state index < -0.39 is 0 Å². The summed E-state index contributed by atoms with van der Waals surface area (Å²) in [5.74, 6) is 0. The number of benzene rings is 7.